The van der Waals surface area contributed by atoms with Gasteiger partial charge in [0.25, 0.3) is 6.17 Å². The average Bonchev–Trinajstić information content (AvgIpc) is 2.88. The molecule has 0 aromatic heterocycles. The van der Waals surface area contributed by atoms with Crippen molar-refractivity contribution in [2.24, 2.45) is 5.92 Å². The highest BCUT2D eigenvalue weighted by atomic mass is 16.6. The number of hydrogen-bond donors (Lipinski definition) is 2. The summed E-state index contributed by atoms with van der Waals surface area (Å²) in [5, 5.41) is 23.8. The van der Waals surface area contributed by atoms with Gasteiger partial charge in [-0.05, 0) is 36.2 Å². The number of aliphatic carboxylic acids is 1. The Morgan fingerprint density at radius 3 is 2.96 bits per heavy atom. The SMILES string of the molecule is CN1C[C@H](C(=O)O)C=C2c3cccc4c3C(C[C@H]21)C([N+](=O)[O-])N4. The van der Waals surface area contributed by atoms with Crippen LogP contribution in [0.4, 0.5) is 5.69 Å². The largest absolute Gasteiger partial charge is 0.481 e. The number of likely N-dealkylation sites (N-methyl/N-ethyl adjacent to an activating group) is 1. The highest BCUT2D eigenvalue weighted by Gasteiger charge is 2.48. The molecule has 7 heteroatoms. The van der Waals surface area contributed by atoms with Gasteiger partial charge in [-0.3, -0.25) is 19.8 Å². The maximum Gasteiger partial charge on any atom is 0.311 e. The van der Waals surface area contributed by atoms with Gasteiger partial charge >= 0.3 is 5.97 Å². The van der Waals surface area contributed by atoms with Crippen LogP contribution < -0.4 is 5.32 Å². The van der Waals surface area contributed by atoms with Crippen molar-refractivity contribution >= 4 is 17.2 Å². The molecular weight excluding hydrogens is 298 g/mol. The second-order valence-corrected chi connectivity index (χ2v) is 6.51. The summed E-state index contributed by atoms with van der Waals surface area (Å²) < 4.78 is 0. The van der Waals surface area contributed by atoms with E-state index in [2.05, 4.69) is 5.32 Å². The van der Waals surface area contributed by atoms with Crippen molar-refractivity contribution in [2.75, 3.05) is 18.9 Å². The third-order valence-corrected chi connectivity index (χ3v) is 5.25. The van der Waals surface area contributed by atoms with Crippen molar-refractivity contribution in [3.8, 4) is 0 Å². The fraction of sp³-hybridized carbons (Fsp3) is 0.438. The molecule has 0 spiro atoms. The molecule has 0 bridgehead atoms. The lowest BCUT2D eigenvalue weighted by Crippen LogP contribution is -2.46. The number of carbonyl (C=O) groups is 1. The van der Waals surface area contributed by atoms with E-state index in [0.29, 0.717) is 13.0 Å². The topological polar surface area (TPSA) is 95.7 Å². The maximum absolute atomic E-state index is 11.4. The lowest BCUT2D eigenvalue weighted by molar-refractivity contribution is -0.518. The van der Waals surface area contributed by atoms with Crippen LogP contribution in [0.25, 0.3) is 5.57 Å². The van der Waals surface area contributed by atoms with Crippen LogP contribution in [0.2, 0.25) is 0 Å². The van der Waals surface area contributed by atoms with Crippen LogP contribution in [0.3, 0.4) is 0 Å². The summed E-state index contributed by atoms with van der Waals surface area (Å²) in [5.74, 6) is -1.56. The standard InChI is InChI=1S/C16H17N3O4/c1-18-7-8(16(20)21)5-10-9-3-2-4-12-14(9)11(6-13(10)18)15(17-12)19(22)23/h2-5,8,11,13,15,17H,6-7H2,1H3,(H,20,21)/t8-,11?,13-,15?/m1/s1. The molecule has 0 fully saturated rings. The van der Waals surface area contributed by atoms with Crippen LogP contribution >= 0.6 is 0 Å². The number of carboxylic acids is 1. The van der Waals surface area contributed by atoms with E-state index in [0.717, 1.165) is 22.4 Å². The van der Waals surface area contributed by atoms with Gasteiger partial charge in [-0.15, -0.1) is 0 Å². The van der Waals surface area contributed by atoms with Gasteiger partial charge in [0, 0.05) is 23.2 Å². The van der Waals surface area contributed by atoms with Crippen LogP contribution in [-0.2, 0) is 4.79 Å². The minimum Gasteiger partial charge on any atom is -0.481 e. The molecular formula is C16H17N3O4. The minimum absolute atomic E-state index is 0.0284. The number of nitrogens with zero attached hydrogens (tertiary/aromatic N) is 2. The Morgan fingerprint density at radius 1 is 1.48 bits per heavy atom. The fourth-order valence-electron chi connectivity index (χ4n) is 4.23. The number of benzene rings is 1. The molecule has 2 unspecified atom stereocenters. The molecule has 2 heterocycles. The Hall–Kier alpha value is -2.41. The van der Waals surface area contributed by atoms with Gasteiger partial charge in [-0.25, -0.2) is 0 Å². The minimum atomic E-state index is -0.834. The molecule has 2 aliphatic heterocycles. The van der Waals surface area contributed by atoms with Gasteiger partial charge in [0.15, 0.2) is 0 Å². The van der Waals surface area contributed by atoms with E-state index >= 15 is 0 Å². The van der Waals surface area contributed by atoms with Gasteiger partial charge in [0.2, 0.25) is 0 Å². The van der Waals surface area contributed by atoms with Crippen LogP contribution in [0.5, 0.6) is 0 Å². The van der Waals surface area contributed by atoms with E-state index in [4.69, 9.17) is 0 Å². The molecule has 120 valence electrons. The van der Waals surface area contributed by atoms with Crippen molar-refractivity contribution in [3.05, 3.63) is 45.5 Å². The third-order valence-electron chi connectivity index (χ3n) is 5.25. The third kappa shape index (κ3) is 1.96. The Morgan fingerprint density at radius 2 is 2.26 bits per heavy atom. The van der Waals surface area contributed by atoms with E-state index in [-0.39, 0.29) is 16.9 Å². The van der Waals surface area contributed by atoms with E-state index in [9.17, 15) is 20.0 Å². The molecule has 3 aliphatic rings. The van der Waals surface area contributed by atoms with E-state index in [1.165, 1.54) is 0 Å². The number of carboxylic acid groups (broad SMARTS) is 1. The predicted molar refractivity (Wildman–Crippen MR) is 83.7 cm³/mol. The molecule has 0 saturated heterocycles. The Kier molecular flexibility index (Phi) is 2.96. The number of hydrogen-bond acceptors (Lipinski definition) is 5. The van der Waals surface area contributed by atoms with Crippen molar-refractivity contribution in [1.82, 2.24) is 4.90 Å². The quantitative estimate of drug-likeness (QED) is 0.636. The van der Waals surface area contributed by atoms with Gasteiger partial charge in [-0.2, -0.15) is 0 Å². The predicted octanol–water partition coefficient (Wildman–Crippen LogP) is 1.60. The lowest BCUT2D eigenvalue weighted by Gasteiger charge is -2.41. The highest BCUT2D eigenvalue weighted by molar-refractivity contribution is 5.85. The van der Waals surface area contributed by atoms with Gasteiger partial charge < -0.3 is 10.4 Å². The van der Waals surface area contributed by atoms with Gasteiger partial charge in [-0.1, -0.05) is 18.2 Å². The summed E-state index contributed by atoms with van der Waals surface area (Å²) in [6, 6.07) is 5.71. The zero-order chi connectivity index (χ0) is 16.3. The Labute approximate surface area is 132 Å². The molecule has 4 rings (SSSR count). The molecule has 23 heavy (non-hydrogen) atoms. The molecule has 7 nitrogen and oxygen atoms in total. The summed E-state index contributed by atoms with van der Waals surface area (Å²) in [6.07, 6.45) is 1.66. The van der Waals surface area contributed by atoms with Crippen molar-refractivity contribution < 1.29 is 14.8 Å². The Balaban J connectivity index is 1.87. The molecule has 1 aromatic rings. The molecule has 2 N–H and O–H groups in total. The maximum atomic E-state index is 11.4. The average molecular weight is 315 g/mol. The lowest BCUT2D eigenvalue weighted by atomic mass is 9.74. The zero-order valence-electron chi connectivity index (χ0n) is 12.6. The summed E-state index contributed by atoms with van der Waals surface area (Å²) in [6.45, 7) is 0.432. The second kappa shape index (κ2) is 4.79. The molecule has 1 aromatic carbocycles. The Bertz CT molecular complexity index is 745. The first-order chi connectivity index (χ1) is 11.0. The normalized spacial score (nSPS) is 31.6. The number of rotatable bonds is 2. The first-order valence-corrected chi connectivity index (χ1v) is 7.65. The second-order valence-electron chi connectivity index (χ2n) is 6.51. The van der Waals surface area contributed by atoms with E-state index < -0.39 is 18.1 Å². The molecule has 0 saturated carbocycles. The van der Waals surface area contributed by atoms with Crippen molar-refractivity contribution in [2.45, 2.75) is 24.5 Å². The van der Waals surface area contributed by atoms with Crippen LogP contribution in [0.15, 0.2) is 24.3 Å². The van der Waals surface area contributed by atoms with Crippen molar-refractivity contribution in [1.29, 1.82) is 0 Å². The number of fused-ring (bicyclic) bond motifs is 2. The van der Waals surface area contributed by atoms with E-state index in [1.807, 2.05) is 36.2 Å². The van der Waals surface area contributed by atoms with Crippen LogP contribution in [0, 0.1) is 16.0 Å². The smallest absolute Gasteiger partial charge is 0.311 e. The summed E-state index contributed by atoms with van der Waals surface area (Å²) in [7, 11) is 1.89. The summed E-state index contributed by atoms with van der Waals surface area (Å²) >= 11 is 0. The van der Waals surface area contributed by atoms with Gasteiger partial charge in [0.05, 0.1) is 11.8 Å². The number of nitrogens with one attached hydrogen (secondary N) is 1. The number of nitro groups is 1. The number of anilines is 1. The molecule has 0 amide bonds. The molecule has 4 atom stereocenters. The summed E-state index contributed by atoms with van der Waals surface area (Å²) in [4.78, 5) is 24.5. The monoisotopic (exact) mass is 315 g/mol. The van der Waals surface area contributed by atoms with Crippen LogP contribution in [0.1, 0.15) is 23.5 Å². The van der Waals surface area contributed by atoms with Crippen molar-refractivity contribution in [3.63, 3.8) is 0 Å². The molecule has 1 aliphatic carbocycles. The highest BCUT2D eigenvalue weighted by Crippen LogP contribution is 2.50. The zero-order valence-corrected chi connectivity index (χ0v) is 12.6. The fourth-order valence-corrected chi connectivity index (χ4v) is 4.23. The van der Waals surface area contributed by atoms with Crippen LogP contribution in [-0.4, -0.2) is 46.7 Å². The molecule has 0 radical (unpaired) electrons. The van der Waals surface area contributed by atoms with E-state index in [1.54, 1.807) is 0 Å². The first-order valence-electron chi connectivity index (χ1n) is 7.65. The first kappa shape index (κ1) is 14.2. The van der Waals surface area contributed by atoms with Gasteiger partial charge in [0.1, 0.15) is 0 Å². The summed E-state index contributed by atoms with van der Waals surface area (Å²) in [5.41, 5.74) is 3.72.